The van der Waals surface area contributed by atoms with Gasteiger partial charge in [-0.25, -0.2) is 9.59 Å². The molecule has 2 atom stereocenters. The van der Waals surface area contributed by atoms with Crippen LogP contribution in [0.4, 0.5) is 0 Å². The Hall–Kier alpha value is -1.10. The molecule has 0 aliphatic carbocycles. The fourth-order valence-electron chi connectivity index (χ4n) is 0.323. The lowest BCUT2D eigenvalue weighted by Gasteiger charge is -2.09. The molecular weight excluding hydrogens is 152 g/mol. The fraction of sp³-hybridized carbons (Fsp3) is 0.667. The van der Waals surface area contributed by atoms with Gasteiger partial charge in [0.1, 0.15) is 6.10 Å². The lowest BCUT2D eigenvalue weighted by Crippen LogP contribution is -2.29. The van der Waals surface area contributed by atoms with Crippen LogP contribution in [0.1, 0.15) is 13.8 Å². The number of aliphatic hydroxyl groups excluding tert-OH is 1. The molecule has 0 radical (unpaired) electrons. The zero-order valence-electron chi connectivity index (χ0n) is 6.27. The number of aliphatic hydroxyl groups is 1. The monoisotopic (exact) mass is 162 g/mol. The van der Waals surface area contributed by atoms with Crippen LogP contribution in [0, 0.1) is 0 Å². The van der Waals surface area contributed by atoms with Crippen LogP contribution in [0.5, 0.6) is 0 Å². The minimum Gasteiger partial charge on any atom is -0.479 e. The Bertz CT molecular complexity index is 162. The van der Waals surface area contributed by atoms with Crippen LogP contribution in [0.25, 0.3) is 0 Å². The number of carboxylic acid groups (broad SMARTS) is 1. The van der Waals surface area contributed by atoms with E-state index in [2.05, 4.69) is 4.74 Å². The summed E-state index contributed by atoms with van der Waals surface area (Å²) in [5.74, 6) is -2.17. The highest BCUT2D eigenvalue weighted by Gasteiger charge is 2.18. The number of carbonyl (C=O) groups is 2. The van der Waals surface area contributed by atoms with E-state index in [0.717, 1.165) is 0 Å². The maximum atomic E-state index is 10.5. The molecule has 5 heteroatoms. The van der Waals surface area contributed by atoms with Gasteiger partial charge in [-0.1, -0.05) is 0 Å². The third-order valence-electron chi connectivity index (χ3n) is 0.982. The van der Waals surface area contributed by atoms with E-state index in [-0.39, 0.29) is 0 Å². The average Bonchev–Trinajstić information content (AvgIpc) is 1.87. The highest BCUT2D eigenvalue weighted by molar-refractivity contribution is 5.79. The fourth-order valence-corrected chi connectivity index (χ4v) is 0.323. The van der Waals surface area contributed by atoms with E-state index in [9.17, 15) is 9.59 Å². The van der Waals surface area contributed by atoms with Gasteiger partial charge in [0.05, 0.1) is 0 Å². The minimum atomic E-state index is -1.28. The lowest BCUT2D eigenvalue weighted by molar-refractivity contribution is -0.168. The number of hydrogen-bond acceptors (Lipinski definition) is 4. The van der Waals surface area contributed by atoms with Crippen molar-refractivity contribution in [3.8, 4) is 0 Å². The number of ether oxygens (including phenoxy) is 1. The molecule has 0 aliphatic rings. The van der Waals surface area contributed by atoms with Gasteiger partial charge in [0, 0.05) is 0 Å². The molecule has 11 heavy (non-hydrogen) atoms. The summed E-state index contributed by atoms with van der Waals surface area (Å²) in [6, 6.07) is 0. The van der Waals surface area contributed by atoms with Gasteiger partial charge in [-0.2, -0.15) is 0 Å². The summed E-state index contributed by atoms with van der Waals surface area (Å²) < 4.78 is 4.28. The Morgan fingerprint density at radius 2 is 1.82 bits per heavy atom. The topological polar surface area (TPSA) is 83.8 Å². The maximum Gasteiger partial charge on any atom is 0.344 e. The number of hydrogen-bond donors (Lipinski definition) is 2. The third-order valence-corrected chi connectivity index (χ3v) is 0.982. The van der Waals surface area contributed by atoms with Crippen LogP contribution in [0.2, 0.25) is 0 Å². The maximum absolute atomic E-state index is 10.5. The van der Waals surface area contributed by atoms with E-state index in [1.165, 1.54) is 13.8 Å². The first-order valence-corrected chi connectivity index (χ1v) is 3.06. The van der Waals surface area contributed by atoms with Crippen LogP contribution in [-0.4, -0.2) is 34.4 Å². The highest BCUT2D eigenvalue weighted by atomic mass is 16.6. The average molecular weight is 162 g/mol. The summed E-state index contributed by atoms with van der Waals surface area (Å²) in [4.78, 5) is 20.6. The molecule has 0 aromatic rings. The molecule has 0 saturated heterocycles. The molecule has 0 aromatic carbocycles. The van der Waals surface area contributed by atoms with Crippen LogP contribution in [0.15, 0.2) is 0 Å². The Morgan fingerprint density at radius 1 is 1.36 bits per heavy atom. The van der Waals surface area contributed by atoms with Gasteiger partial charge in [-0.05, 0) is 13.8 Å². The Morgan fingerprint density at radius 3 is 2.09 bits per heavy atom. The predicted molar refractivity (Wildman–Crippen MR) is 34.9 cm³/mol. The van der Waals surface area contributed by atoms with Crippen LogP contribution >= 0.6 is 0 Å². The Balaban J connectivity index is 3.85. The number of aliphatic carboxylic acids is 1. The second kappa shape index (κ2) is 3.92. The largest absolute Gasteiger partial charge is 0.479 e. The van der Waals surface area contributed by atoms with Crippen molar-refractivity contribution in [2.75, 3.05) is 0 Å². The van der Waals surface area contributed by atoms with Crippen molar-refractivity contribution in [2.45, 2.75) is 26.1 Å². The molecule has 0 spiro atoms. The van der Waals surface area contributed by atoms with Gasteiger partial charge in [-0.15, -0.1) is 0 Å². The summed E-state index contributed by atoms with van der Waals surface area (Å²) in [6.45, 7) is 2.42. The predicted octanol–water partition coefficient (Wildman–Crippen LogP) is -0.617. The third kappa shape index (κ3) is 3.57. The summed E-state index contributed by atoms with van der Waals surface area (Å²) in [5, 5.41) is 16.8. The van der Waals surface area contributed by atoms with Crippen molar-refractivity contribution in [1.29, 1.82) is 0 Å². The molecule has 0 fully saturated rings. The van der Waals surface area contributed by atoms with Crippen molar-refractivity contribution in [3.05, 3.63) is 0 Å². The molecular formula is C6H10O5. The molecule has 0 rings (SSSR count). The SMILES string of the molecule is C[C@H](OC(=O)[C@@H](C)O)C(=O)O. The first kappa shape index (κ1) is 9.90. The van der Waals surface area contributed by atoms with E-state index in [4.69, 9.17) is 10.2 Å². The second-order valence-electron chi connectivity index (χ2n) is 2.09. The van der Waals surface area contributed by atoms with Crippen molar-refractivity contribution in [1.82, 2.24) is 0 Å². The normalized spacial score (nSPS) is 15.2. The molecule has 5 nitrogen and oxygen atoms in total. The second-order valence-corrected chi connectivity index (χ2v) is 2.09. The van der Waals surface area contributed by atoms with E-state index < -0.39 is 24.1 Å². The van der Waals surface area contributed by atoms with Gasteiger partial charge < -0.3 is 14.9 Å². The van der Waals surface area contributed by atoms with E-state index in [1.54, 1.807) is 0 Å². The summed E-state index contributed by atoms with van der Waals surface area (Å²) >= 11 is 0. The number of rotatable bonds is 3. The number of carbonyl (C=O) groups excluding carboxylic acids is 1. The molecule has 0 bridgehead atoms. The van der Waals surface area contributed by atoms with E-state index in [0.29, 0.717) is 0 Å². The molecule has 0 aliphatic heterocycles. The van der Waals surface area contributed by atoms with Crippen molar-refractivity contribution in [2.24, 2.45) is 0 Å². The zero-order chi connectivity index (χ0) is 9.02. The highest BCUT2D eigenvalue weighted by Crippen LogP contribution is 1.94. The first-order valence-electron chi connectivity index (χ1n) is 3.06. The molecule has 0 saturated carbocycles. The standard InChI is InChI=1S/C6H10O5/c1-3(7)6(10)11-4(2)5(8)9/h3-4,7H,1-2H3,(H,8,9)/t3-,4+/m1/s1. The van der Waals surface area contributed by atoms with Gasteiger partial charge in [0.15, 0.2) is 6.10 Å². The van der Waals surface area contributed by atoms with Crippen LogP contribution in [-0.2, 0) is 14.3 Å². The van der Waals surface area contributed by atoms with Crippen molar-refractivity contribution < 1.29 is 24.5 Å². The van der Waals surface area contributed by atoms with Gasteiger partial charge in [0.2, 0.25) is 0 Å². The summed E-state index contributed by atoms with van der Waals surface area (Å²) in [5.41, 5.74) is 0. The smallest absolute Gasteiger partial charge is 0.344 e. The Kier molecular flexibility index (Phi) is 3.53. The lowest BCUT2D eigenvalue weighted by atomic mass is 10.4. The van der Waals surface area contributed by atoms with Gasteiger partial charge >= 0.3 is 11.9 Å². The van der Waals surface area contributed by atoms with Gasteiger partial charge in [-0.3, -0.25) is 0 Å². The summed E-state index contributed by atoms with van der Waals surface area (Å²) in [7, 11) is 0. The van der Waals surface area contributed by atoms with Gasteiger partial charge in [0.25, 0.3) is 0 Å². The van der Waals surface area contributed by atoms with Crippen molar-refractivity contribution >= 4 is 11.9 Å². The zero-order valence-corrected chi connectivity index (χ0v) is 6.27. The minimum absolute atomic E-state index is 0.931. The summed E-state index contributed by atoms with van der Waals surface area (Å²) in [6.07, 6.45) is -2.49. The molecule has 0 amide bonds. The quantitative estimate of drug-likeness (QED) is 0.540. The number of esters is 1. The first-order chi connectivity index (χ1) is 4.95. The molecule has 0 heterocycles. The molecule has 2 N–H and O–H groups in total. The van der Waals surface area contributed by atoms with Crippen molar-refractivity contribution in [3.63, 3.8) is 0 Å². The molecule has 0 unspecified atom stereocenters. The Labute approximate surface area is 63.6 Å². The van der Waals surface area contributed by atoms with Crippen LogP contribution < -0.4 is 0 Å². The van der Waals surface area contributed by atoms with Crippen LogP contribution in [0.3, 0.4) is 0 Å². The van der Waals surface area contributed by atoms with E-state index >= 15 is 0 Å². The van der Waals surface area contributed by atoms with E-state index in [1.807, 2.05) is 0 Å². The molecule has 64 valence electrons. The number of carboxylic acids is 1. The molecule has 0 aromatic heterocycles.